The van der Waals surface area contributed by atoms with Gasteiger partial charge in [0.25, 0.3) is 0 Å². The van der Waals surface area contributed by atoms with Crippen molar-refractivity contribution in [3.05, 3.63) is 34.9 Å². The van der Waals surface area contributed by atoms with E-state index in [1.165, 1.54) is 0 Å². The van der Waals surface area contributed by atoms with Crippen molar-refractivity contribution in [2.45, 2.75) is 51.1 Å². The minimum Gasteiger partial charge on any atom is -0.353 e. The number of piperidine rings is 1. The minimum absolute atomic E-state index is 0.121. The summed E-state index contributed by atoms with van der Waals surface area (Å²) in [6.45, 7) is 4.32. The first-order valence-corrected chi connectivity index (χ1v) is 10.4. The predicted molar refractivity (Wildman–Crippen MR) is 105 cm³/mol. The smallest absolute Gasteiger partial charge is 0.223 e. The van der Waals surface area contributed by atoms with E-state index in [-0.39, 0.29) is 17.2 Å². The number of nitrogens with zero attached hydrogens (tertiary/aromatic N) is 2. The molecule has 1 N–H and O–H groups in total. The summed E-state index contributed by atoms with van der Waals surface area (Å²) in [4.78, 5) is 28.8. The zero-order chi connectivity index (χ0) is 18.9. The lowest BCUT2D eigenvalue weighted by molar-refractivity contribution is -0.128. The van der Waals surface area contributed by atoms with Gasteiger partial charge in [0.1, 0.15) is 0 Å². The molecule has 1 saturated carbocycles. The molecule has 1 aromatic rings. The van der Waals surface area contributed by atoms with E-state index in [0.717, 1.165) is 62.4 Å². The number of benzene rings is 1. The van der Waals surface area contributed by atoms with Crippen molar-refractivity contribution in [2.24, 2.45) is 5.41 Å². The number of amides is 2. The normalized spacial score (nSPS) is 22.4. The molecule has 0 bridgehead atoms. The Labute approximate surface area is 166 Å². The molecule has 3 fully saturated rings. The average Bonchev–Trinajstić information content (AvgIpc) is 3.41. The number of halogens is 1. The van der Waals surface area contributed by atoms with Gasteiger partial charge in [0.2, 0.25) is 11.8 Å². The van der Waals surface area contributed by atoms with Crippen molar-refractivity contribution < 1.29 is 9.59 Å². The standard InChI is InChI=1S/C21H28ClN3O2/c22-17-3-1-16(2-4-17)14-25-15-21(13-20(25)27)8-11-24(12-9-21)10-7-19(26)23-18-5-6-18/h1-4,18H,5-15H2,(H,23,26). The van der Waals surface area contributed by atoms with Crippen molar-refractivity contribution in [1.82, 2.24) is 15.1 Å². The highest BCUT2D eigenvalue weighted by atomic mass is 35.5. The SMILES string of the molecule is O=C(CCN1CCC2(CC1)CC(=O)N(Cc1ccc(Cl)cc1)C2)NC1CC1. The summed E-state index contributed by atoms with van der Waals surface area (Å²) in [5, 5.41) is 3.78. The number of carbonyl (C=O) groups excluding carboxylic acids is 2. The van der Waals surface area contributed by atoms with Gasteiger partial charge in [-0.05, 0) is 61.9 Å². The van der Waals surface area contributed by atoms with Crippen LogP contribution in [0.25, 0.3) is 0 Å². The first-order valence-electron chi connectivity index (χ1n) is 10.1. The van der Waals surface area contributed by atoms with Gasteiger partial charge in [-0.15, -0.1) is 0 Å². The van der Waals surface area contributed by atoms with Gasteiger partial charge in [-0.1, -0.05) is 23.7 Å². The maximum absolute atomic E-state index is 12.6. The van der Waals surface area contributed by atoms with Crippen molar-refractivity contribution in [1.29, 1.82) is 0 Å². The summed E-state index contributed by atoms with van der Waals surface area (Å²) in [6, 6.07) is 8.19. The maximum Gasteiger partial charge on any atom is 0.223 e. The summed E-state index contributed by atoms with van der Waals surface area (Å²) in [6.07, 6.45) is 5.61. The van der Waals surface area contributed by atoms with Crippen LogP contribution in [0.1, 0.15) is 44.1 Å². The van der Waals surface area contributed by atoms with E-state index < -0.39 is 0 Å². The van der Waals surface area contributed by atoms with E-state index in [1.807, 2.05) is 29.2 Å². The molecule has 0 unspecified atom stereocenters. The van der Waals surface area contributed by atoms with E-state index in [2.05, 4.69) is 10.2 Å². The van der Waals surface area contributed by atoms with Gasteiger partial charge in [-0.3, -0.25) is 9.59 Å². The van der Waals surface area contributed by atoms with Gasteiger partial charge in [-0.25, -0.2) is 0 Å². The van der Waals surface area contributed by atoms with Crippen molar-refractivity contribution in [2.75, 3.05) is 26.2 Å². The number of hydrogen-bond acceptors (Lipinski definition) is 3. The summed E-state index contributed by atoms with van der Waals surface area (Å²) in [5.41, 5.74) is 1.25. The second-order valence-corrected chi connectivity index (χ2v) is 8.92. The van der Waals surface area contributed by atoms with E-state index in [1.54, 1.807) is 0 Å². The molecule has 3 aliphatic rings. The zero-order valence-electron chi connectivity index (χ0n) is 15.8. The van der Waals surface area contributed by atoms with Crippen LogP contribution in [0.4, 0.5) is 0 Å². The Bertz CT molecular complexity index is 694. The molecule has 146 valence electrons. The van der Waals surface area contributed by atoms with Gasteiger partial charge < -0.3 is 15.1 Å². The maximum atomic E-state index is 12.6. The molecular formula is C21H28ClN3O2. The van der Waals surface area contributed by atoms with E-state index in [9.17, 15) is 9.59 Å². The molecule has 4 rings (SSSR count). The fraction of sp³-hybridized carbons (Fsp3) is 0.619. The van der Waals surface area contributed by atoms with Gasteiger partial charge in [0.15, 0.2) is 0 Å². The predicted octanol–water partition coefficient (Wildman–Crippen LogP) is 2.82. The fourth-order valence-corrected chi connectivity index (χ4v) is 4.43. The lowest BCUT2D eigenvalue weighted by atomic mass is 9.77. The molecule has 6 heteroatoms. The van der Waals surface area contributed by atoms with Gasteiger partial charge in [0, 0.05) is 43.5 Å². The first-order chi connectivity index (χ1) is 13.0. The van der Waals surface area contributed by atoms with Crippen LogP contribution >= 0.6 is 11.6 Å². The van der Waals surface area contributed by atoms with Gasteiger partial charge in [0.05, 0.1) is 0 Å². The molecule has 2 amide bonds. The third-order valence-corrected chi connectivity index (χ3v) is 6.46. The quantitative estimate of drug-likeness (QED) is 0.813. The molecule has 5 nitrogen and oxygen atoms in total. The number of hydrogen-bond donors (Lipinski definition) is 1. The highest BCUT2D eigenvalue weighted by molar-refractivity contribution is 6.30. The Morgan fingerprint density at radius 3 is 2.56 bits per heavy atom. The summed E-state index contributed by atoms with van der Waals surface area (Å²) in [7, 11) is 0. The molecule has 2 heterocycles. The van der Waals surface area contributed by atoms with Crippen molar-refractivity contribution >= 4 is 23.4 Å². The second-order valence-electron chi connectivity index (χ2n) is 8.49. The van der Waals surface area contributed by atoms with Crippen LogP contribution in [0.5, 0.6) is 0 Å². The van der Waals surface area contributed by atoms with Gasteiger partial charge in [-0.2, -0.15) is 0 Å². The molecule has 1 spiro atoms. The monoisotopic (exact) mass is 389 g/mol. The number of rotatable bonds is 6. The molecule has 0 aromatic heterocycles. The Balaban J connectivity index is 1.24. The lowest BCUT2D eigenvalue weighted by Gasteiger charge is -2.38. The molecule has 0 atom stereocenters. The highest BCUT2D eigenvalue weighted by Gasteiger charge is 2.44. The van der Waals surface area contributed by atoms with Crippen LogP contribution < -0.4 is 5.32 Å². The van der Waals surface area contributed by atoms with Gasteiger partial charge >= 0.3 is 0 Å². The van der Waals surface area contributed by atoms with Crippen molar-refractivity contribution in [3.63, 3.8) is 0 Å². The minimum atomic E-state index is 0.121. The summed E-state index contributed by atoms with van der Waals surface area (Å²) in [5.74, 6) is 0.449. The van der Waals surface area contributed by atoms with Crippen LogP contribution in [0, 0.1) is 5.41 Å². The Morgan fingerprint density at radius 2 is 1.89 bits per heavy atom. The summed E-state index contributed by atoms with van der Waals surface area (Å²) >= 11 is 5.95. The van der Waals surface area contributed by atoms with E-state index in [0.29, 0.717) is 25.4 Å². The second kappa shape index (κ2) is 7.80. The highest BCUT2D eigenvalue weighted by Crippen LogP contribution is 2.41. The Hall–Kier alpha value is -1.59. The summed E-state index contributed by atoms with van der Waals surface area (Å²) < 4.78 is 0. The van der Waals surface area contributed by atoms with E-state index in [4.69, 9.17) is 11.6 Å². The third-order valence-electron chi connectivity index (χ3n) is 6.21. The third kappa shape index (κ3) is 4.82. The number of nitrogens with one attached hydrogen (secondary N) is 1. The molecule has 2 aliphatic heterocycles. The van der Waals surface area contributed by atoms with Crippen molar-refractivity contribution in [3.8, 4) is 0 Å². The molecule has 0 radical (unpaired) electrons. The topological polar surface area (TPSA) is 52.7 Å². The van der Waals surface area contributed by atoms with Crippen LogP contribution in [0.15, 0.2) is 24.3 Å². The zero-order valence-corrected chi connectivity index (χ0v) is 16.5. The van der Waals surface area contributed by atoms with Crippen LogP contribution in [-0.4, -0.2) is 53.8 Å². The Morgan fingerprint density at radius 1 is 1.19 bits per heavy atom. The molecule has 2 saturated heterocycles. The average molecular weight is 390 g/mol. The molecule has 27 heavy (non-hydrogen) atoms. The Kier molecular flexibility index (Phi) is 5.42. The number of carbonyl (C=O) groups is 2. The fourth-order valence-electron chi connectivity index (χ4n) is 4.31. The largest absolute Gasteiger partial charge is 0.353 e. The van der Waals surface area contributed by atoms with Crippen LogP contribution in [-0.2, 0) is 16.1 Å². The molecule has 1 aliphatic carbocycles. The number of likely N-dealkylation sites (tertiary alicyclic amines) is 2. The van der Waals surface area contributed by atoms with Crippen LogP contribution in [0.2, 0.25) is 5.02 Å². The van der Waals surface area contributed by atoms with Crippen LogP contribution in [0.3, 0.4) is 0 Å². The van der Waals surface area contributed by atoms with E-state index >= 15 is 0 Å². The molecule has 1 aromatic carbocycles. The first kappa shape index (κ1) is 18.8. The lowest BCUT2D eigenvalue weighted by Crippen LogP contribution is -2.42. The molecular weight excluding hydrogens is 362 g/mol.